The van der Waals surface area contributed by atoms with E-state index in [4.69, 9.17) is 4.74 Å². The minimum atomic E-state index is -0.642. The van der Waals surface area contributed by atoms with Gasteiger partial charge in [-0.25, -0.2) is 0 Å². The van der Waals surface area contributed by atoms with Crippen molar-refractivity contribution in [3.8, 4) is 5.75 Å². The van der Waals surface area contributed by atoms with E-state index in [0.717, 1.165) is 28.4 Å². The molecule has 2 aromatic rings. The Morgan fingerprint density at radius 2 is 1.97 bits per heavy atom. The molecule has 4 atom stereocenters. The number of amides is 2. The Hall–Kier alpha value is -2.34. The van der Waals surface area contributed by atoms with Crippen LogP contribution in [0.4, 0.5) is 0 Å². The number of hydrogen-bond acceptors (Lipinski definition) is 3. The first kappa shape index (κ1) is 21.9. The summed E-state index contributed by atoms with van der Waals surface area (Å²) in [5.41, 5.74) is 2.23. The smallest absolute Gasteiger partial charge is 0.255 e. The molecule has 1 aliphatic heterocycles. The van der Waals surface area contributed by atoms with Gasteiger partial charge in [0.1, 0.15) is 11.8 Å². The molecule has 2 aromatic carbocycles. The van der Waals surface area contributed by atoms with Gasteiger partial charge in [-0.05, 0) is 48.1 Å². The average molecular weight is 485 g/mol. The van der Waals surface area contributed by atoms with Crippen LogP contribution < -0.4 is 10.1 Å². The van der Waals surface area contributed by atoms with Gasteiger partial charge in [0.2, 0.25) is 5.91 Å². The van der Waals surface area contributed by atoms with Gasteiger partial charge in [-0.2, -0.15) is 0 Å². The van der Waals surface area contributed by atoms with Crippen LogP contribution in [0.3, 0.4) is 0 Å². The van der Waals surface area contributed by atoms with Crippen LogP contribution in [0.5, 0.6) is 5.75 Å². The number of nitrogens with one attached hydrogen (secondary N) is 1. The zero-order valence-corrected chi connectivity index (χ0v) is 19.8. The fourth-order valence-electron chi connectivity index (χ4n) is 4.92. The Balaban J connectivity index is 1.65. The number of rotatable bonds is 5. The lowest BCUT2D eigenvalue weighted by Crippen LogP contribution is -2.48. The summed E-state index contributed by atoms with van der Waals surface area (Å²) in [4.78, 5) is 28.5. The fraction of sp³-hybridized carbons (Fsp3) is 0.440. The first-order chi connectivity index (χ1) is 14.9. The van der Waals surface area contributed by atoms with Gasteiger partial charge in [0.15, 0.2) is 0 Å². The minimum Gasteiger partial charge on any atom is -0.496 e. The molecular weight excluding hydrogens is 456 g/mol. The van der Waals surface area contributed by atoms with Crippen LogP contribution in [0.2, 0.25) is 0 Å². The van der Waals surface area contributed by atoms with Crippen LogP contribution >= 0.6 is 15.9 Å². The van der Waals surface area contributed by atoms with Gasteiger partial charge < -0.3 is 15.0 Å². The molecule has 0 radical (unpaired) electrons. The topological polar surface area (TPSA) is 58.6 Å². The average Bonchev–Trinajstić information content (AvgIpc) is 3.03. The van der Waals surface area contributed by atoms with Gasteiger partial charge >= 0.3 is 0 Å². The van der Waals surface area contributed by atoms with Gasteiger partial charge in [0.25, 0.3) is 5.91 Å². The number of ether oxygens (including phenoxy) is 1. The van der Waals surface area contributed by atoms with Crippen molar-refractivity contribution in [2.45, 2.75) is 51.7 Å². The van der Waals surface area contributed by atoms with Crippen LogP contribution in [0.15, 0.2) is 46.9 Å². The van der Waals surface area contributed by atoms with E-state index in [1.54, 1.807) is 18.1 Å². The third-order valence-electron chi connectivity index (χ3n) is 6.92. The molecule has 1 fully saturated rings. The molecule has 4 rings (SSSR count). The number of fused-ring (bicyclic) bond motifs is 1. The number of halogens is 1. The first-order valence-corrected chi connectivity index (χ1v) is 11.7. The minimum absolute atomic E-state index is 0.0989. The second-order valence-corrected chi connectivity index (χ2v) is 9.68. The number of hydrogen-bond donors (Lipinski definition) is 1. The lowest BCUT2D eigenvalue weighted by Gasteiger charge is -2.36. The normalized spacial score (nSPS) is 25.3. The van der Waals surface area contributed by atoms with Crippen LogP contribution in [0, 0.1) is 11.8 Å². The van der Waals surface area contributed by atoms with Crippen molar-refractivity contribution in [1.29, 1.82) is 0 Å². The third-order valence-corrected chi connectivity index (χ3v) is 7.42. The molecule has 0 spiro atoms. The van der Waals surface area contributed by atoms with Crippen molar-refractivity contribution in [1.82, 2.24) is 10.2 Å². The molecule has 2 aliphatic rings. The highest BCUT2D eigenvalue weighted by Gasteiger charge is 2.42. The molecule has 4 unspecified atom stereocenters. The Morgan fingerprint density at radius 3 is 2.74 bits per heavy atom. The molecule has 6 heteroatoms. The maximum atomic E-state index is 13.6. The summed E-state index contributed by atoms with van der Waals surface area (Å²) in [6.45, 7) is 4.76. The van der Waals surface area contributed by atoms with Crippen LogP contribution in [-0.4, -0.2) is 29.9 Å². The molecular formula is C25H29BrN2O3. The fourth-order valence-corrected chi connectivity index (χ4v) is 5.33. The van der Waals surface area contributed by atoms with Gasteiger partial charge in [-0.3, -0.25) is 9.59 Å². The van der Waals surface area contributed by atoms with Crippen molar-refractivity contribution in [2.75, 3.05) is 7.11 Å². The summed E-state index contributed by atoms with van der Waals surface area (Å²) in [7, 11) is 1.61. The summed E-state index contributed by atoms with van der Waals surface area (Å²) in [6.07, 6.45) is 3.31. The Labute approximate surface area is 192 Å². The van der Waals surface area contributed by atoms with Crippen LogP contribution in [0.1, 0.15) is 60.6 Å². The van der Waals surface area contributed by atoms with E-state index in [2.05, 4.69) is 35.1 Å². The van der Waals surface area contributed by atoms with E-state index in [0.29, 0.717) is 29.7 Å². The van der Waals surface area contributed by atoms with E-state index >= 15 is 0 Å². The lowest BCUT2D eigenvalue weighted by atomic mass is 9.78. The second-order valence-electron chi connectivity index (χ2n) is 8.76. The van der Waals surface area contributed by atoms with E-state index in [1.807, 2.05) is 36.4 Å². The zero-order chi connectivity index (χ0) is 22.1. The molecule has 1 aliphatic carbocycles. The highest BCUT2D eigenvalue weighted by Crippen LogP contribution is 2.38. The van der Waals surface area contributed by atoms with Crippen molar-refractivity contribution in [3.63, 3.8) is 0 Å². The highest BCUT2D eigenvalue weighted by atomic mass is 79.9. The first-order valence-electron chi connectivity index (χ1n) is 10.9. The summed E-state index contributed by atoms with van der Waals surface area (Å²) in [5.74, 6) is 1.48. The summed E-state index contributed by atoms with van der Waals surface area (Å²) in [5, 5.41) is 3.28. The number of methoxy groups -OCH3 is 1. The summed E-state index contributed by atoms with van der Waals surface area (Å²) >= 11 is 3.50. The van der Waals surface area contributed by atoms with Crippen LogP contribution in [0.25, 0.3) is 0 Å². The zero-order valence-electron chi connectivity index (χ0n) is 18.2. The molecule has 1 N–H and O–H groups in total. The molecule has 164 valence electrons. The van der Waals surface area contributed by atoms with Gasteiger partial charge in [0.05, 0.1) is 13.7 Å². The van der Waals surface area contributed by atoms with Gasteiger partial charge in [-0.15, -0.1) is 0 Å². The van der Waals surface area contributed by atoms with E-state index in [1.165, 1.54) is 6.42 Å². The number of carbonyl (C=O) groups excluding carboxylic acids is 2. The molecule has 1 heterocycles. The van der Waals surface area contributed by atoms with Crippen LogP contribution in [-0.2, 0) is 11.3 Å². The number of benzene rings is 2. The largest absolute Gasteiger partial charge is 0.496 e. The van der Waals surface area contributed by atoms with Crippen molar-refractivity contribution < 1.29 is 14.3 Å². The van der Waals surface area contributed by atoms with Gasteiger partial charge in [-0.1, -0.05) is 60.8 Å². The van der Waals surface area contributed by atoms with Gasteiger partial charge in [0, 0.05) is 21.6 Å². The van der Waals surface area contributed by atoms with E-state index < -0.39 is 6.04 Å². The number of carbonyl (C=O) groups is 2. The molecule has 2 amide bonds. The molecule has 0 bridgehead atoms. The molecule has 0 saturated heterocycles. The Morgan fingerprint density at radius 1 is 1.19 bits per heavy atom. The van der Waals surface area contributed by atoms with E-state index in [9.17, 15) is 9.59 Å². The summed E-state index contributed by atoms with van der Waals surface area (Å²) in [6, 6.07) is 12.6. The lowest BCUT2D eigenvalue weighted by molar-refractivity contribution is -0.127. The molecule has 0 aromatic heterocycles. The number of nitrogens with zero attached hydrogens (tertiary/aromatic N) is 1. The van der Waals surface area contributed by atoms with Crippen molar-refractivity contribution in [2.24, 2.45) is 11.8 Å². The Bertz CT molecular complexity index is 992. The SMILES string of the molecule is COc1ccc(Br)cc1CN1C(=O)c2ccccc2C1C(=O)NC1CCCC(C)C1C. The predicted molar refractivity (Wildman–Crippen MR) is 124 cm³/mol. The quantitative estimate of drug-likeness (QED) is 0.642. The maximum absolute atomic E-state index is 13.6. The van der Waals surface area contributed by atoms with E-state index in [-0.39, 0.29) is 17.9 Å². The predicted octanol–water partition coefficient (Wildman–Crippen LogP) is 5.10. The molecule has 5 nitrogen and oxygen atoms in total. The highest BCUT2D eigenvalue weighted by molar-refractivity contribution is 9.10. The molecule has 1 saturated carbocycles. The Kier molecular flexibility index (Phi) is 6.37. The van der Waals surface area contributed by atoms with Crippen molar-refractivity contribution in [3.05, 3.63) is 63.6 Å². The van der Waals surface area contributed by atoms with Crippen molar-refractivity contribution >= 4 is 27.7 Å². The third kappa shape index (κ3) is 4.22. The molecule has 31 heavy (non-hydrogen) atoms. The maximum Gasteiger partial charge on any atom is 0.255 e. The second kappa shape index (κ2) is 9.03. The standard InChI is InChI=1S/C25H29BrN2O3/c1-15-7-6-10-21(16(15)2)27-24(29)23-19-8-4-5-9-20(19)25(30)28(23)14-17-13-18(26)11-12-22(17)31-3/h4-5,8-9,11-13,15-16,21,23H,6-7,10,14H2,1-3H3,(H,27,29). The summed E-state index contributed by atoms with van der Waals surface area (Å²) < 4.78 is 6.41. The monoisotopic (exact) mass is 484 g/mol.